The van der Waals surface area contributed by atoms with E-state index < -0.39 is 11.6 Å². The molecule has 1 aliphatic rings. The van der Waals surface area contributed by atoms with E-state index in [2.05, 4.69) is 101 Å². The summed E-state index contributed by atoms with van der Waals surface area (Å²) in [7, 11) is 7.22. The van der Waals surface area contributed by atoms with Gasteiger partial charge in [-0.3, -0.25) is 4.90 Å². The van der Waals surface area contributed by atoms with E-state index in [4.69, 9.17) is 49.8 Å². The quantitative estimate of drug-likeness (QED) is 0.125. The van der Waals surface area contributed by atoms with Crippen LogP contribution in [-0.4, -0.2) is 94.3 Å². The van der Waals surface area contributed by atoms with Crippen LogP contribution in [0.2, 0.25) is 0 Å². The van der Waals surface area contributed by atoms with E-state index in [1.165, 1.54) is 0 Å². The fourth-order valence-corrected chi connectivity index (χ4v) is 13.5. The summed E-state index contributed by atoms with van der Waals surface area (Å²) in [5.74, 6) is 3.92. The molecule has 10 rings (SSSR count). The minimum Gasteiger partial charge on any atom is -0.495 e. The fraction of sp³-hybridized carbons (Fsp3) is 0.234. The molecule has 0 bridgehead atoms. The topological polar surface area (TPSA) is 138 Å². The fourth-order valence-electron chi connectivity index (χ4n) is 8.44. The van der Waals surface area contributed by atoms with E-state index in [9.17, 15) is 0 Å². The lowest BCUT2D eigenvalue weighted by molar-refractivity contribution is 0.0406. The number of hydrogen-bond donors (Lipinski definition) is 1. The second-order valence-electron chi connectivity index (χ2n) is 15.6. The average molecular weight is 1110 g/mol. The first-order chi connectivity index (χ1) is 31.6. The van der Waals surface area contributed by atoms with Crippen molar-refractivity contribution in [3.63, 3.8) is 0 Å². The lowest BCUT2D eigenvalue weighted by Gasteiger charge is -2.46. The summed E-state index contributed by atoms with van der Waals surface area (Å²) in [6.07, 6.45) is 5.69. The highest BCUT2D eigenvalue weighted by atomic mass is 79.9. The predicted molar refractivity (Wildman–Crippen MR) is 273 cm³/mol. The molecule has 0 aliphatic carbocycles. The van der Waals surface area contributed by atoms with Crippen LogP contribution in [0.15, 0.2) is 105 Å². The number of halogens is 3. The van der Waals surface area contributed by atoms with Gasteiger partial charge in [0.2, 0.25) is 0 Å². The molecule has 1 atom stereocenters. The molecule has 1 fully saturated rings. The second-order valence-corrected chi connectivity index (χ2v) is 21.4. The number of fused-ring (bicyclic) bond motifs is 3. The van der Waals surface area contributed by atoms with Crippen molar-refractivity contribution < 1.29 is 14.2 Å². The minimum atomic E-state index is -1.17. The van der Waals surface area contributed by atoms with E-state index in [0.717, 1.165) is 106 Å². The van der Waals surface area contributed by atoms with Gasteiger partial charge in [0.25, 0.3) is 0 Å². The van der Waals surface area contributed by atoms with Crippen molar-refractivity contribution in [3.8, 4) is 49.0 Å². The van der Waals surface area contributed by atoms with Gasteiger partial charge in [0.05, 0.1) is 86.6 Å². The number of benzene rings is 3. The SMILES string of the molecule is COc1cccc2cc(-c3nc(C(N)CC(c4ncc(Br)c(-c5cc6cccc(OC)c6s5)n4)(c4ncc(Br)c(-c5cc6cccc(OC)c6s5)n4)N4CCN(C)CC4)ncc3Br)sc12. The maximum Gasteiger partial charge on any atom is 0.157 e. The lowest BCUT2D eigenvalue weighted by atomic mass is 9.85. The zero-order valence-corrected chi connectivity index (χ0v) is 42.7. The molecule has 18 heteroatoms. The number of likely N-dealkylation sites (N-methyl/N-ethyl adjacent to an activating group) is 1. The zero-order chi connectivity index (χ0) is 45.0. The largest absolute Gasteiger partial charge is 0.495 e. The monoisotopic (exact) mass is 1110 g/mol. The number of nitrogens with two attached hydrogens (primary N) is 1. The molecular weight excluding hydrogens is 1070 g/mol. The first kappa shape index (κ1) is 44.3. The third-order valence-electron chi connectivity index (χ3n) is 11.8. The van der Waals surface area contributed by atoms with Gasteiger partial charge in [-0.1, -0.05) is 36.4 Å². The molecular formula is C47H40Br3N9O3S3. The Morgan fingerprint density at radius 2 is 1.00 bits per heavy atom. The predicted octanol–water partition coefficient (Wildman–Crippen LogP) is 11.6. The normalized spacial score (nSPS) is 14.4. The summed E-state index contributed by atoms with van der Waals surface area (Å²) in [6.45, 7) is 2.93. The first-order valence-corrected chi connectivity index (χ1v) is 25.4. The van der Waals surface area contributed by atoms with Crippen LogP contribution >= 0.6 is 81.8 Å². The molecule has 12 nitrogen and oxygen atoms in total. The van der Waals surface area contributed by atoms with E-state index in [1.54, 1.807) is 61.5 Å². The van der Waals surface area contributed by atoms with Crippen LogP contribution in [0.5, 0.6) is 17.2 Å². The molecule has 3 aromatic carbocycles. The molecule has 9 aromatic rings. The van der Waals surface area contributed by atoms with E-state index >= 15 is 0 Å². The van der Waals surface area contributed by atoms with Crippen LogP contribution in [-0.2, 0) is 5.54 Å². The molecule has 0 amide bonds. The van der Waals surface area contributed by atoms with Gasteiger partial charge >= 0.3 is 0 Å². The number of nitrogens with zero attached hydrogens (tertiary/aromatic N) is 8. The Balaban J connectivity index is 1.17. The van der Waals surface area contributed by atoms with Crippen LogP contribution in [0.1, 0.15) is 29.9 Å². The standard InChI is InChI=1S/C47H40Br3N9O3S3/c1-58-14-16-59(17-15-58)47(45-53-23-29(49)39(56-45)36-19-26-9-6-12-33(61-3)42(26)64-36,46-54-24-30(50)40(57-46)37-20-27-10-7-13-34(62-4)43(27)65-37)21-31(51)44-52-22-28(48)38(55-44)35-18-25-8-5-11-32(60-2)41(25)63-35/h5-13,18-20,22-24,31H,14-17,21,51H2,1-4H3. The van der Waals surface area contributed by atoms with Gasteiger partial charge in [-0.15, -0.1) is 34.0 Å². The molecule has 1 unspecified atom stereocenters. The third-order valence-corrected chi connectivity index (χ3v) is 17.0. The summed E-state index contributed by atoms with van der Waals surface area (Å²) < 4.78 is 22.6. The van der Waals surface area contributed by atoms with Crippen LogP contribution in [0.25, 0.3) is 62.0 Å². The second kappa shape index (κ2) is 18.3. The summed E-state index contributed by atoms with van der Waals surface area (Å²) in [4.78, 5) is 39.1. The van der Waals surface area contributed by atoms with Crippen LogP contribution < -0.4 is 19.9 Å². The Bertz CT molecular complexity index is 3110. The third kappa shape index (κ3) is 8.14. The highest BCUT2D eigenvalue weighted by molar-refractivity contribution is 9.11. The molecule has 0 saturated carbocycles. The summed E-state index contributed by atoms with van der Waals surface area (Å²) in [6, 6.07) is 23.9. The van der Waals surface area contributed by atoms with E-state index in [1.807, 2.05) is 48.8 Å². The molecule has 2 N–H and O–H groups in total. The van der Waals surface area contributed by atoms with E-state index in [0.29, 0.717) is 30.6 Å². The van der Waals surface area contributed by atoms with Crippen molar-refractivity contribution >= 4 is 112 Å². The number of aromatic nitrogens is 6. The van der Waals surface area contributed by atoms with Crippen molar-refractivity contribution in [2.24, 2.45) is 5.73 Å². The molecule has 1 aliphatic heterocycles. The minimum absolute atomic E-state index is 0.251. The number of piperazine rings is 1. The smallest absolute Gasteiger partial charge is 0.157 e. The number of hydrogen-bond acceptors (Lipinski definition) is 15. The average Bonchev–Trinajstić information content (AvgIpc) is 4.09. The van der Waals surface area contributed by atoms with Crippen LogP contribution in [0, 0.1) is 0 Å². The lowest BCUT2D eigenvalue weighted by Crippen LogP contribution is -2.57. The van der Waals surface area contributed by atoms with Gasteiger partial charge in [-0.2, -0.15) is 0 Å². The Labute approximate surface area is 412 Å². The number of rotatable bonds is 12. The maximum atomic E-state index is 7.48. The van der Waals surface area contributed by atoms with Crippen molar-refractivity contribution in [1.29, 1.82) is 0 Å². The number of methoxy groups -OCH3 is 3. The Morgan fingerprint density at radius 3 is 1.42 bits per heavy atom. The van der Waals surface area contributed by atoms with Crippen molar-refractivity contribution in [2.75, 3.05) is 54.6 Å². The van der Waals surface area contributed by atoms with Gasteiger partial charge in [-0.25, -0.2) is 29.9 Å². The van der Waals surface area contributed by atoms with Crippen molar-refractivity contribution in [1.82, 2.24) is 39.7 Å². The first-order valence-electron chi connectivity index (χ1n) is 20.6. The molecule has 65 heavy (non-hydrogen) atoms. The molecule has 1 saturated heterocycles. The van der Waals surface area contributed by atoms with Crippen molar-refractivity contribution in [2.45, 2.75) is 18.0 Å². The Morgan fingerprint density at radius 1 is 0.600 bits per heavy atom. The Hall–Kier alpha value is -4.50. The van der Waals surface area contributed by atoms with Crippen LogP contribution in [0.3, 0.4) is 0 Å². The summed E-state index contributed by atoms with van der Waals surface area (Å²) in [5, 5.41) is 3.19. The molecule has 330 valence electrons. The molecule has 0 radical (unpaired) electrons. The Kier molecular flexibility index (Phi) is 12.5. The molecule has 6 aromatic heterocycles. The highest BCUT2D eigenvalue weighted by Gasteiger charge is 2.49. The van der Waals surface area contributed by atoms with Gasteiger partial charge in [0.15, 0.2) is 11.6 Å². The zero-order valence-electron chi connectivity index (χ0n) is 35.5. The van der Waals surface area contributed by atoms with Gasteiger partial charge in [-0.05, 0) is 107 Å². The van der Waals surface area contributed by atoms with Gasteiger partial charge in [0, 0.05) is 51.2 Å². The van der Waals surface area contributed by atoms with Crippen LogP contribution in [0.4, 0.5) is 0 Å². The highest BCUT2D eigenvalue weighted by Crippen LogP contribution is 2.47. The number of ether oxygens (including phenoxy) is 3. The number of thiophene rings is 3. The summed E-state index contributed by atoms with van der Waals surface area (Å²) >= 11 is 16.3. The van der Waals surface area contributed by atoms with Crippen molar-refractivity contribution in [3.05, 3.63) is 122 Å². The maximum absolute atomic E-state index is 7.48. The van der Waals surface area contributed by atoms with Gasteiger partial charge < -0.3 is 24.8 Å². The van der Waals surface area contributed by atoms with Gasteiger partial charge in [0.1, 0.15) is 28.6 Å². The van der Waals surface area contributed by atoms with E-state index in [-0.39, 0.29) is 6.42 Å². The molecule has 0 spiro atoms. The summed E-state index contributed by atoms with van der Waals surface area (Å²) in [5.41, 5.74) is 8.53. The molecule has 7 heterocycles.